The number of benzene rings is 3. The highest BCUT2D eigenvalue weighted by Crippen LogP contribution is 2.20. The molecule has 0 atom stereocenters. The zero-order valence-electron chi connectivity index (χ0n) is 15.3. The van der Waals surface area contributed by atoms with Gasteiger partial charge in [-0.1, -0.05) is 78.3 Å². The number of rotatable bonds is 5. The third kappa shape index (κ3) is 4.59. The Hall–Kier alpha value is -3.70. The minimum atomic E-state index is -0.366. The molecule has 0 saturated heterocycles. The summed E-state index contributed by atoms with van der Waals surface area (Å²) >= 11 is 5.89. The van der Waals surface area contributed by atoms with E-state index in [1.54, 1.807) is 24.4 Å². The molecule has 142 valence electrons. The van der Waals surface area contributed by atoms with Crippen LogP contribution < -0.4 is 5.43 Å². The van der Waals surface area contributed by atoms with Gasteiger partial charge in [-0.25, -0.2) is 5.43 Å². The minimum Gasteiger partial charge on any atom is -0.272 e. The van der Waals surface area contributed by atoms with Crippen LogP contribution in [0.4, 0.5) is 0 Å². The first-order chi connectivity index (χ1) is 14.2. The van der Waals surface area contributed by atoms with Gasteiger partial charge in [0.1, 0.15) is 5.69 Å². The fourth-order valence-corrected chi connectivity index (χ4v) is 2.95. The van der Waals surface area contributed by atoms with Crippen molar-refractivity contribution in [3.63, 3.8) is 0 Å². The lowest BCUT2D eigenvalue weighted by Crippen LogP contribution is -2.17. The SMILES string of the molecule is O=C(N/N=C\c1ccc(-c2ccccc2)cc1)c1cc(-c2ccc(Cl)cc2)n[nH]1. The molecule has 29 heavy (non-hydrogen) atoms. The molecule has 0 aliphatic heterocycles. The van der Waals surface area contributed by atoms with Crippen LogP contribution in [0.5, 0.6) is 0 Å². The molecule has 1 heterocycles. The first-order valence-electron chi connectivity index (χ1n) is 8.99. The van der Waals surface area contributed by atoms with Crippen molar-refractivity contribution in [1.29, 1.82) is 0 Å². The number of nitrogens with one attached hydrogen (secondary N) is 2. The van der Waals surface area contributed by atoms with Crippen LogP contribution in [0.15, 0.2) is 90.0 Å². The van der Waals surface area contributed by atoms with Crippen LogP contribution in [0.25, 0.3) is 22.4 Å². The molecule has 1 amide bonds. The molecule has 0 bridgehead atoms. The Bertz CT molecular complexity index is 1130. The molecule has 0 aliphatic carbocycles. The van der Waals surface area contributed by atoms with Gasteiger partial charge in [-0.3, -0.25) is 9.89 Å². The average Bonchev–Trinajstić information content (AvgIpc) is 3.26. The van der Waals surface area contributed by atoms with Gasteiger partial charge < -0.3 is 0 Å². The zero-order valence-corrected chi connectivity index (χ0v) is 16.1. The summed E-state index contributed by atoms with van der Waals surface area (Å²) in [6.45, 7) is 0. The van der Waals surface area contributed by atoms with Gasteiger partial charge in [-0.2, -0.15) is 10.2 Å². The number of hydrogen-bond acceptors (Lipinski definition) is 3. The fourth-order valence-electron chi connectivity index (χ4n) is 2.82. The molecule has 0 fully saturated rings. The van der Waals surface area contributed by atoms with E-state index in [2.05, 4.69) is 32.9 Å². The van der Waals surface area contributed by atoms with Crippen LogP contribution in [-0.4, -0.2) is 22.3 Å². The van der Waals surface area contributed by atoms with Crippen molar-refractivity contribution in [3.05, 3.63) is 101 Å². The van der Waals surface area contributed by atoms with Crippen LogP contribution in [-0.2, 0) is 0 Å². The zero-order chi connectivity index (χ0) is 20.1. The van der Waals surface area contributed by atoms with E-state index in [1.807, 2.05) is 54.6 Å². The molecule has 0 unspecified atom stereocenters. The van der Waals surface area contributed by atoms with E-state index < -0.39 is 0 Å². The highest BCUT2D eigenvalue weighted by molar-refractivity contribution is 6.30. The van der Waals surface area contributed by atoms with Crippen molar-refractivity contribution < 1.29 is 4.79 Å². The summed E-state index contributed by atoms with van der Waals surface area (Å²) in [6.07, 6.45) is 1.60. The van der Waals surface area contributed by atoms with Crippen molar-refractivity contribution in [3.8, 4) is 22.4 Å². The van der Waals surface area contributed by atoms with Gasteiger partial charge in [0.05, 0.1) is 11.9 Å². The van der Waals surface area contributed by atoms with Gasteiger partial charge in [0.25, 0.3) is 5.91 Å². The van der Waals surface area contributed by atoms with Gasteiger partial charge in [0.2, 0.25) is 0 Å². The Balaban J connectivity index is 1.38. The first kappa shape index (κ1) is 18.7. The minimum absolute atomic E-state index is 0.325. The number of halogens is 1. The van der Waals surface area contributed by atoms with Gasteiger partial charge in [0, 0.05) is 10.6 Å². The molecular weight excluding hydrogens is 384 g/mol. The first-order valence-corrected chi connectivity index (χ1v) is 9.37. The van der Waals surface area contributed by atoms with Crippen LogP contribution in [0.3, 0.4) is 0 Å². The molecule has 2 N–H and O–H groups in total. The van der Waals surface area contributed by atoms with E-state index in [9.17, 15) is 4.79 Å². The number of aromatic amines is 1. The summed E-state index contributed by atoms with van der Waals surface area (Å²) in [5, 5.41) is 11.6. The third-order valence-corrected chi connectivity index (χ3v) is 4.61. The van der Waals surface area contributed by atoms with Crippen molar-refractivity contribution >= 4 is 23.7 Å². The standard InChI is InChI=1S/C23H17ClN4O/c24-20-12-10-19(11-13-20)21-14-22(27-26-21)23(29)28-25-15-16-6-8-18(9-7-16)17-4-2-1-3-5-17/h1-15H,(H,26,27)(H,28,29)/b25-15-. The Morgan fingerprint density at radius 1 is 0.897 bits per heavy atom. The smallest absolute Gasteiger partial charge is 0.272 e. The van der Waals surface area contributed by atoms with Gasteiger partial charge in [-0.05, 0) is 34.9 Å². The summed E-state index contributed by atoms with van der Waals surface area (Å²) in [6, 6.07) is 27.0. The van der Waals surface area contributed by atoms with E-state index in [0.717, 1.165) is 22.3 Å². The van der Waals surface area contributed by atoms with Crippen LogP contribution in [0.2, 0.25) is 5.02 Å². The number of nitrogens with zero attached hydrogens (tertiary/aromatic N) is 2. The van der Waals surface area contributed by atoms with E-state index in [4.69, 9.17) is 11.6 Å². The molecule has 5 nitrogen and oxygen atoms in total. The molecule has 4 rings (SSSR count). The molecule has 0 saturated carbocycles. The lowest BCUT2D eigenvalue weighted by molar-refractivity contribution is 0.0950. The third-order valence-electron chi connectivity index (χ3n) is 4.36. The lowest BCUT2D eigenvalue weighted by atomic mass is 10.0. The van der Waals surface area contributed by atoms with Gasteiger partial charge in [0.15, 0.2) is 0 Å². The maximum absolute atomic E-state index is 12.3. The normalized spacial score (nSPS) is 10.9. The largest absolute Gasteiger partial charge is 0.289 e. The highest BCUT2D eigenvalue weighted by Gasteiger charge is 2.10. The number of H-pyrrole nitrogens is 1. The second kappa shape index (κ2) is 8.54. The second-order valence-electron chi connectivity index (χ2n) is 6.36. The summed E-state index contributed by atoms with van der Waals surface area (Å²) < 4.78 is 0. The van der Waals surface area contributed by atoms with Crippen molar-refractivity contribution in [2.75, 3.05) is 0 Å². The Morgan fingerprint density at radius 3 is 2.28 bits per heavy atom. The second-order valence-corrected chi connectivity index (χ2v) is 6.80. The molecule has 0 aliphatic rings. The Kier molecular flexibility index (Phi) is 5.49. The number of aromatic nitrogens is 2. The van der Waals surface area contributed by atoms with E-state index in [0.29, 0.717) is 16.4 Å². The Labute approximate surface area is 173 Å². The number of hydrogen-bond donors (Lipinski definition) is 2. The number of amides is 1. The molecule has 4 aromatic rings. The van der Waals surface area contributed by atoms with E-state index in [-0.39, 0.29) is 5.91 Å². The molecular formula is C23H17ClN4O. The number of carbonyl (C=O) groups excluding carboxylic acids is 1. The number of carbonyl (C=O) groups is 1. The summed E-state index contributed by atoms with van der Waals surface area (Å²) in [5.74, 6) is -0.366. The average molecular weight is 401 g/mol. The topological polar surface area (TPSA) is 70.1 Å². The predicted octanol–water partition coefficient (Wildman–Crippen LogP) is 5.16. The lowest BCUT2D eigenvalue weighted by Gasteiger charge is -2.01. The van der Waals surface area contributed by atoms with E-state index >= 15 is 0 Å². The predicted molar refractivity (Wildman–Crippen MR) is 116 cm³/mol. The van der Waals surface area contributed by atoms with E-state index in [1.165, 1.54) is 0 Å². The molecule has 1 aromatic heterocycles. The molecule has 0 radical (unpaired) electrons. The number of hydrazone groups is 1. The van der Waals surface area contributed by atoms with Crippen molar-refractivity contribution in [2.24, 2.45) is 5.10 Å². The van der Waals surface area contributed by atoms with Crippen molar-refractivity contribution in [1.82, 2.24) is 15.6 Å². The molecule has 0 spiro atoms. The summed E-state index contributed by atoms with van der Waals surface area (Å²) in [4.78, 5) is 12.3. The monoisotopic (exact) mass is 400 g/mol. The fraction of sp³-hybridized carbons (Fsp3) is 0. The molecule has 6 heteroatoms. The summed E-state index contributed by atoms with van der Waals surface area (Å²) in [7, 11) is 0. The van der Waals surface area contributed by atoms with Crippen LogP contribution in [0, 0.1) is 0 Å². The van der Waals surface area contributed by atoms with Crippen LogP contribution in [0.1, 0.15) is 16.1 Å². The molecule has 3 aromatic carbocycles. The van der Waals surface area contributed by atoms with Gasteiger partial charge >= 0.3 is 0 Å². The van der Waals surface area contributed by atoms with Gasteiger partial charge in [-0.15, -0.1) is 0 Å². The van der Waals surface area contributed by atoms with Crippen molar-refractivity contribution in [2.45, 2.75) is 0 Å². The maximum Gasteiger partial charge on any atom is 0.289 e. The summed E-state index contributed by atoms with van der Waals surface area (Å²) in [5.41, 5.74) is 7.52. The highest BCUT2D eigenvalue weighted by atomic mass is 35.5. The maximum atomic E-state index is 12.3. The quantitative estimate of drug-likeness (QED) is 0.359. The van der Waals surface area contributed by atoms with Crippen LogP contribution >= 0.6 is 11.6 Å². The Morgan fingerprint density at radius 2 is 1.55 bits per heavy atom.